The molecule has 8 nitrogen and oxygen atoms in total. The summed E-state index contributed by atoms with van der Waals surface area (Å²) in [6.07, 6.45) is 4.54. The molecule has 0 saturated carbocycles. The van der Waals surface area contributed by atoms with Gasteiger partial charge >= 0.3 is 0 Å². The smallest absolute Gasteiger partial charge is 0.254 e. The Morgan fingerprint density at radius 1 is 1.16 bits per heavy atom. The minimum Gasteiger partial charge on any atom is -0.474 e. The van der Waals surface area contributed by atoms with Gasteiger partial charge in [0.1, 0.15) is 30.1 Å². The molecule has 1 atom stereocenters. The first-order chi connectivity index (χ1) is 15.7. The van der Waals surface area contributed by atoms with Gasteiger partial charge in [-0.2, -0.15) is 14.5 Å². The van der Waals surface area contributed by atoms with E-state index in [4.69, 9.17) is 9.26 Å². The third-order valence-corrected chi connectivity index (χ3v) is 5.28. The van der Waals surface area contributed by atoms with Gasteiger partial charge in [0.2, 0.25) is 5.82 Å². The number of rotatable bonds is 7. The Kier molecular flexibility index (Phi) is 5.59. The maximum Gasteiger partial charge on any atom is 0.254 e. The summed E-state index contributed by atoms with van der Waals surface area (Å²) in [7, 11) is 0. The zero-order valence-electron chi connectivity index (χ0n) is 17.0. The molecule has 164 valence electrons. The van der Waals surface area contributed by atoms with Crippen molar-refractivity contribution >= 4 is 0 Å². The summed E-state index contributed by atoms with van der Waals surface area (Å²) in [5.41, 5.74) is 1.94. The summed E-state index contributed by atoms with van der Waals surface area (Å²) >= 11 is 0. The zero-order valence-corrected chi connectivity index (χ0v) is 17.0. The van der Waals surface area contributed by atoms with Crippen LogP contribution in [0.4, 0.5) is 8.78 Å². The van der Waals surface area contributed by atoms with E-state index in [1.54, 1.807) is 35.0 Å². The first-order valence-electron chi connectivity index (χ1n) is 10.3. The van der Waals surface area contributed by atoms with Gasteiger partial charge in [-0.15, -0.1) is 0 Å². The topological polar surface area (TPSA) is 90.9 Å². The lowest BCUT2D eigenvalue weighted by molar-refractivity contribution is 0.254. The van der Waals surface area contributed by atoms with Crippen molar-refractivity contribution in [3.05, 3.63) is 66.1 Å². The van der Waals surface area contributed by atoms with Crippen molar-refractivity contribution in [2.45, 2.75) is 25.4 Å². The van der Waals surface area contributed by atoms with Crippen LogP contribution in [0.1, 0.15) is 18.4 Å². The highest BCUT2D eigenvalue weighted by molar-refractivity contribution is 5.62. The van der Waals surface area contributed by atoms with E-state index in [-0.39, 0.29) is 30.1 Å². The van der Waals surface area contributed by atoms with Gasteiger partial charge in [-0.25, -0.2) is 9.37 Å². The minimum absolute atomic E-state index is 0.129. The highest BCUT2D eigenvalue weighted by Gasteiger charge is 2.20. The van der Waals surface area contributed by atoms with E-state index in [0.29, 0.717) is 29.3 Å². The van der Waals surface area contributed by atoms with Crippen LogP contribution in [0.25, 0.3) is 22.9 Å². The summed E-state index contributed by atoms with van der Waals surface area (Å²) in [5.74, 6) is -0.924. The second-order valence-electron chi connectivity index (χ2n) is 7.50. The lowest BCUT2D eigenvalue weighted by atomic mass is 10.2. The summed E-state index contributed by atoms with van der Waals surface area (Å²) in [5, 5.41) is 11.8. The maximum atomic E-state index is 14.2. The molecule has 1 unspecified atom stereocenters. The van der Waals surface area contributed by atoms with Crippen LogP contribution in [0.5, 0.6) is 5.88 Å². The molecule has 1 N–H and O–H groups in total. The van der Waals surface area contributed by atoms with Gasteiger partial charge in [0.05, 0.1) is 18.4 Å². The van der Waals surface area contributed by atoms with Crippen molar-refractivity contribution in [3.8, 4) is 28.8 Å². The van der Waals surface area contributed by atoms with Crippen molar-refractivity contribution < 1.29 is 18.0 Å². The molecule has 1 saturated heterocycles. The number of aromatic nitrogens is 5. The fraction of sp³-hybridized carbons (Fsp3) is 0.273. The fourth-order valence-electron chi connectivity index (χ4n) is 3.64. The Morgan fingerprint density at radius 2 is 2.06 bits per heavy atom. The van der Waals surface area contributed by atoms with Gasteiger partial charge in [-0.05, 0) is 31.5 Å². The molecule has 1 aliphatic rings. The number of nitrogens with one attached hydrogen (secondary N) is 1. The molecule has 10 heteroatoms. The van der Waals surface area contributed by atoms with Crippen LogP contribution in [0, 0.1) is 11.6 Å². The van der Waals surface area contributed by atoms with Gasteiger partial charge in [0.25, 0.3) is 5.88 Å². The van der Waals surface area contributed by atoms with Crippen molar-refractivity contribution in [3.63, 3.8) is 0 Å². The van der Waals surface area contributed by atoms with Crippen LogP contribution in [0.2, 0.25) is 0 Å². The normalized spacial score (nSPS) is 15.9. The van der Waals surface area contributed by atoms with Crippen LogP contribution in [-0.4, -0.2) is 44.1 Å². The molecule has 32 heavy (non-hydrogen) atoms. The summed E-state index contributed by atoms with van der Waals surface area (Å²) < 4.78 is 40.6. The van der Waals surface area contributed by atoms with Crippen molar-refractivity contribution in [1.29, 1.82) is 0 Å². The largest absolute Gasteiger partial charge is 0.474 e. The SMILES string of the molecule is Fc1ccccc1Cn1nc(-c2ncc(F)c(OCC3CCCN3)n2)cc1-c1ccon1. The van der Waals surface area contributed by atoms with Gasteiger partial charge in [-0.1, -0.05) is 23.4 Å². The van der Waals surface area contributed by atoms with Crippen molar-refractivity contribution in [2.75, 3.05) is 13.2 Å². The Morgan fingerprint density at radius 3 is 2.84 bits per heavy atom. The van der Waals surface area contributed by atoms with Crippen LogP contribution in [0.3, 0.4) is 0 Å². The number of benzene rings is 1. The zero-order chi connectivity index (χ0) is 21.9. The molecule has 0 aliphatic carbocycles. The third-order valence-electron chi connectivity index (χ3n) is 5.28. The molecule has 0 bridgehead atoms. The first-order valence-corrected chi connectivity index (χ1v) is 10.3. The molecule has 0 spiro atoms. The molecule has 1 fully saturated rings. The summed E-state index contributed by atoms with van der Waals surface area (Å²) in [4.78, 5) is 8.31. The molecule has 5 rings (SSSR count). The number of hydrogen-bond donors (Lipinski definition) is 1. The standard InChI is InChI=1S/C22H20F2N6O2/c23-16-6-2-1-4-14(16)12-30-20(18-7-9-32-29-18)10-19(28-30)21-26-11-17(24)22(27-21)31-13-15-5-3-8-25-15/h1-2,4,6-7,9-11,15,25H,3,5,8,12-13H2. The summed E-state index contributed by atoms with van der Waals surface area (Å²) in [6.45, 7) is 1.40. The number of halogens is 2. The Balaban J connectivity index is 1.47. The van der Waals surface area contributed by atoms with Crippen molar-refractivity contribution in [1.82, 2.24) is 30.2 Å². The van der Waals surface area contributed by atoms with E-state index >= 15 is 0 Å². The Bertz CT molecular complexity index is 1210. The van der Waals surface area contributed by atoms with Gasteiger partial charge in [0.15, 0.2) is 5.82 Å². The highest BCUT2D eigenvalue weighted by atomic mass is 19.1. The van der Waals surface area contributed by atoms with Gasteiger partial charge in [-0.3, -0.25) is 4.68 Å². The molecule has 0 amide bonds. The molecule has 1 aromatic carbocycles. The molecule has 1 aliphatic heterocycles. The quantitative estimate of drug-likeness (QED) is 0.473. The van der Waals surface area contributed by atoms with E-state index in [1.807, 2.05) is 0 Å². The molecule has 3 aromatic heterocycles. The second-order valence-corrected chi connectivity index (χ2v) is 7.50. The predicted molar refractivity (Wildman–Crippen MR) is 111 cm³/mol. The van der Waals surface area contributed by atoms with Gasteiger partial charge < -0.3 is 14.6 Å². The minimum atomic E-state index is -0.644. The first kappa shape index (κ1) is 20.3. The van der Waals surface area contributed by atoms with E-state index in [0.717, 1.165) is 25.6 Å². The molecule has 4 heterocycles. The number of nitrogens with zero attached hydrogens (tertiary/aromatic N) is 5. The van der Waals surface area contributed by atoms with E-state index in [1.165, 1.54) is 12.3 Å². The number of hydrogen-bond acceptors (Lipinski definition) is 7. The average molecular weight is 438 g/mol. The Hall–Kier alpha value is -3.66. The molecular formula is C22H20F2N6O2. The monoisotopic (exact) mass is 438 g/mol. The predicted octanol–water partition coefficient (Wildman–Crippen LogP) is 3.45. The van der Waals surface area contributed by atoms with Crippen LogP contribution >= 0.6 is 0 Å². The van der Waals surface area contributed by atoms with E-state index in [9.17, 15) is 8.78 Å². The molecule has 4 aromatic rings. The third kappa shape index (κ3) is 4.22. The molecular weight excluding hydrogens is 418 g/mol. The average Bonchev–Trinajstić information content (AvgIpc) is 3.57. The van der Waals surface area contributed by atoms with Crippen LogP contribution in [0.15, 0.2) is 53.4 Å². The van der Waals surface area contributed by atoms with Crippen LogP contribution in [-0.2, 0) is 6.54 Å². The van der Waals surface area contributed by atoms with Crippen molar-refractivity contribution in [2.24, 2.45) is 0 Å². The summed E-state index contributed by atoms with van der Waals surface area (Å²) in [6, 6.07) is 10.0. The number of ether oxygens (including phenoxy) is 1. The fourth-order valence-corrected chi connectivity index (χ4v) is 3.64. The van der Waals surface area contributed by atoms with Crippen LogP contribution < -0.4 is 10.1 Å². The van der Waals surface area contributed by atoms with Gasteiger partial charge in [0, 0.05) is 17.7 Å². The van der Waals surface area contributed by atoms with E-state index < -0.39 is 5.82 Å². The lowest BCUT2D eigenvalue weighted by Gasteiger charge is -2.12. The van der Waals surface area contributed by atoms with E-state index in [2.05, 4.69) is 25.5 Å². The molecule has 0 radical (unpaired) electrons. The second kappa shape index (κ2) is 8.83. The lowest BCUT2D eigenvalue weighted by Crippen LogP contribution is -2.28. The Labute approximate surface area is 182 Å². The maximum absolute atomic E-state index is 14.2. The highest BCUT2D eigenvalue weighted by Crippen LogP contribution is 2.26.